The van der Waals surface area contributed by atoms with Gasteiger partial charge in [0.15, 0.2) is 0 Å². The lowest BCUT2D eigenvalue weighted by Gasteiger charge is -2.20. The van der Waals surface area contributed by atoms with Gasteiger partial charge >= 0.3 is 0 Å². The second-order valence-corrected chi connectivity index (χ2v) is 6.96. The number of aromatic nitrogens is 4. The summed E-state index contributed by atoms with van der Waals surface area (Å²) in [7, 11) is 1.70. The molecule has 0 saturated heterocycles. The topological polar surface area (TPSA) is 85.0 Å². The van der Waals surface area contributed by atoms with E-state index < -0.39 is 6.04 Å². The van der Waals surface area contributed by atoms with E-state index in [0.29, 0.717) is 25.2 Å². The number of nitrogens with one attached hydrogen (secondary N) is 1. The van der Waals surface area contributed by atoms with Crippen LogP contribution in [-0.4, -0.2) is 44.5 Å². The van der Waals surface area contributed by atoms with Gasteiger partial charge in [0.05, 0.1) is 12.2 Å². The van der Waals surface area contributed by atoms with Crippen LogP contribution in [0.25, 0.3) is 0 Å². The van der Waals surface area contributed by atoms with E-state index in [0.717, 1.165) is 17.1 Å². The van der Waals surface area contributed by atoms with Gasteiger partial charge in [-0.15, -0.1) is 0 Å². The SMILES string of the molecule is Cc1cc2n(n1)CC[C@H](NC(=O)c1ccn(Cc3ccccc3)n1)C(=O)N2C. The van der Waals surface area contributed by atoms with Gasteiger partial charge in [0.25, 0.3) is 11.8 Å². The molecule has 2 aromatic heterocycles. The number of nitrogens with zero attached hydrogens (tertiary/aromatic N) is 5. The van der Waals surface area contributed by atoms with Crippen LogP contribution < -0.4 is 10.2 Å². The van der Waals surface area contributed by atoms with Crippen LogP contribution >= 0.6 is 0 Å². The number of rotatable bonds is 4. The molecule has 28 heavy (non-hydrogen) atoms. The van der Waals surface area contributed by atoms with Crippen molar-refractivity contribution in [1.29, 1.82) is 0 Å². The molecule has 0 radical (unpaired) electrons. The molecule has 8 nitrogen and oxygen atoms in total. The molecule has 4 rings (SSSR count). The Morgan fingerprint density at radius 1 is 1.21 bits per heavy atom. The Morgan fingerprint density at radius 2 is 2.00 bits per heavy atom. The summed E-state index contributed by atoms with van der Waals surface area (Å²) in [5, 5.41) is 11.6. The zero-order valence-electron chi connectivity index (χ0n) is 15.9. The molecule has 8 heteroatoms. The molecule has 1 aromatic carbocycles. The summed E-state index contributed by atoms with van der Waals surface area (Å²) >= 11 is 0. The Morgan fingerprint density at radius 3 is 2.79 bits per heavy atom. The van der Waals surface area contributed by atoms with Crippen molar-refractivity contribution >= 4 is 17.6 Å². The lowest BCUT2D eigenvalue weighted by atomic mass is 10.2. The Balaban J connectivity index is 1.44. The van der Waals surface area contributed by atoms with E-state index in [4.69, 9.17) is 0 Å². The second kappa shape index (κ2) is 7.30. The molecule has 1 aliphatic heterocycles. The highest BCUT2D eigenvalue weighted by Crippen LogP contribution is 2.21. The number of amides is 2. The van der Waals surface area contributed by atoms with Crippen molar-refractivity contribution in [3.05, 3.63) is 65.6 Å². The van der Waals surface area contributed by atoms with Crippen LogP contribution in [0.15, 0.2) is 48.7 Å². The van der Waals surface area contributed by atoms with Gasteiger partial charge in [0.2, 0.25) is 0 Å². The summed E-state index contributed by atoms with van der Waals surface area (Å²) in [5.74, 6) is 0.233. The van der Waals surface area contributed by atoms with Gasteiger partial charge in [0, 0.05) is 25.9 Å². The summed E-state index contributed by atoms with van der Waals surface area (Å²) in [6.45, 7) is 3.04. The van der Waals surface area contributed by atoms with Crippen molar-refractivity contribution in [3.63, 3.8) is 0 Å². The first-order valence-corrected chi connectivity index (χ1v) is 9.21. The van der Waals surface area contributed by atoms with E-state index in [1.165, 1.54) is 0 Å². The van der Waals surface area contributed by atoms with E-state index in [1.807, 2.05) is 43.3 Å². The van der Waals surface area contributed by atoms with Crippen LogP contribution in [0.1, 0.15) is 28.2 Å². The van der Waals surface area contributed by atoms with Gasteiger partial charge in [-0.25, -0.2) is 4.68 Å². The smallest absolute Gasteiger partial charge is 0.272 e. The number of likely N-dealkylation sites (N-methyl/N-ethyl adjacent to an activating group) is 1. The summed E-state index contributed by atoms with van der Waals surface area (Å²) in [5.41, 5.74) is 2.26. The lowest BCUT2D eigenvalue weighted by Crippen LogP contribution is -2.46. The van der Waals surface area contributed by atoms with E-state index in [2.05, 4.69) is 15.5 Å². The number of benzene rings is 1. The molecular weight excluding hydrogens is 356 g/mol. The van der Waals surface area contributed by atoms with E-state index in [1.54, 1.807) is 33.6 Å². The molecule has 0 aliphatic carbocycles. The summed E-state index contributed by atoms with van der Waals surface area (Å²) in [4.78, 5) is 27.0. The maximum Gasteiger partial charge on any atom is 0.272 e. The molecule has 1 N–H and O–H groups in total. The normalized spacial score (nSPS) is 16.6. The van der Waals surface area contributed by atoms with Crippen LogP contribution in [0, 0.1) is 6.92 Å². The van der Waals surface area contributed by atoms with Crippen molar-refractivity contribution in [2.75, 3.05) is 11.9 Å². The predicted octanol–water partition coefficient (Wildman–Crippen LogP) is 1.60. The van der Waals surface area contributed by atoms with Crippen molar-refractivity contribution < 1.29 is 9.59 Å². The average molecular weight is 378 g/mol. The molecule has 3 heterocycles. The van der Waals surface area contributed by atoms with Crippen LogP contribution in [0.4, 0.5) is 5.82 Å². The summed E-state index contributed by atoms with van der Waals surface area (Å²) in [6, 6.07) is 12.8. The highest BCUT2D eigenvalue weighted by atomic mass is 16.2. The fourth-order valence-electron chi connectivity index (χ4n) is 3.40. The summed E-state index contributed by atoms with van der Waals surface area (Å²) in [6.07, 6.45) is 2.25. The number of hydrogen-bond acceptors (Lipinski definition) is 4. The fraction of sp³-hybridized carbons (Fsp3) is 0.300. The molecular formula is C20H22N6O2. The third-order valence-corrected chi connectivity index (χ3v) is 4.85. The Bertz CT molecular complexity index is 1010. The van der Waals surface area contributed by atoms with Crippen LogP contribution in [0.3, 0.4) is 0 Å². The zero-order chi connectivity index (χ0) is 19.7. The number of carbonyl (C=O) groups is 2. The molecule has 0 spiro atoms. The highest BCUT2D eigenvalue weighted by molar-refractivity contribution is 6.01. The van der Waals surface area contributed by atoms with Gasteiger partial charge in [-0.3, -0.25) is 19.2 Å². The van der Waals surface area contributed by atoms with Crippen LogP contribution in [0.2, 0.25) is 0 Å². The number of anilines is 1. The van der Waals surface area contributed by atoms with Crippen molar-refractivity contribution in [2.24, 2.45) is 0 Å². The van der Waals surface area contributed by atoms with Crippen molar-refractivity contribution in [3.8, 4) is 0 Å². The monoisotopic (exact) mass is 378 g/mol. The molecule has 144 valence electrons. The minimum Gasteiger partial charge on any atom is -0.339 e. The highest BCUT2D eigenvalue weighted by Gasteiger charge is 2.30. The first-order valence-electron chi connectivity index (χ1n) is 9.21. The molecule has 0 unspecified atom stereocenters. The van der Waals surface area contributed by atoms with Gasteiger partial charge in [0.1, 0.15) is 17.6 Å². The van der Waals surface area contributed by atoms with E-state index in [-0.39, 0.29) is 11.8 Å². The fourth-order valence-corrected chi connectivity index (χ4v) is 3.40. The van der Waals surface area contributed by atoms with Gasteiger partial charge in [-0.05, 0) is 25.0 Å². The second-order valence-electron chi connectivity index (χ2n) is 6.96. The molecule has 0 fully saturated rings. The third-order valence-electron chi connectivity index (χ3n) is 4.85. The molecule has 0 bridgehead atoms. The first-order chi connectivity index (χ1) is 13.5. The summed E-state index contributed by atoms with van der Waals surface area (Å²) < 4.78 is 3.51. The Labute approximate surface area is 162 Å². The van der Waals surface area contributed by atoms with Gasteiger partial charge in [-0.2, -0.15) is 10.2 Å². The molecule has 1 atom stereocenters. The Kier molecular flexibility index (Phi) is 4.68. The zero-order valence-corrected chi connectivity index (χ0v) is 15.9. The Hall–Kier alpha value is -3.42. The first kappa shape index (κ1) is 18.0. The van der Waals surface area contributed by atoms with Crippen molar-refractivity contribution in [2.45, 2.75) is 32.5 Å². The van der Waals surface area contributed by atoms with Gasteiger partial charge < -0.3 is 5.32 Å². The standard InChI is InChI=1S/C20H22N6O2/c1-14-12-18-24(2)20(28)17(9-11-26(18)22-14)21-19(27)16-8-10-25(23-16)13-15-6-4-3-5-7-15/h3-8,10,12,17H,9,11,13H2,1-2H3,(H,21,27)/t17-/m0/s1. The van der Waals surface area contributed by atoms with Crippen molar-refractivity contribution in [1.82, 2.24) is 24.9 Å². The maximum absolute atomic E-state index is 12.8. The quantitative estimate of drug-likeness (QED) is 0.747. The number of carbonyl (C=O) groups excluding carboxylic acids is 2. The van der Waals surface area contributed by atoms with Crippen LogP contribution in [0.5, 0.6) is 0 Å². The minimum absolute atomic E-state index is 0.157. The molecule has 0 saturated carbocycles. The average Bonchev–Trinajstić information content (AvgIpc) is 3.28. The van der Waals surface area contributed by atoms with Gasteiger partial charge in [-0.1, -0.05) is 30.3 Å². The number of aryl methyl sites for hydroxylation is 2. The number of hydrogen-bond donors (Lipinski definition) is 1. The third kappa shape index (κ3) is 3.53. The van der Waals surface area contributed by atoms with E-state index >= 15 is 0 Å². The predicted molar refractivity (Wildman–Crippen MR) is 104 cm³/mol. The van der Waals surface area contributed by atoms with E-state index in [9.17, 15) is 9.59 Å². The molecule has 3 aromatic rings. The minimum atomic E-state index is -0.612. The lowest BCUT2D eigenvalue weighted by molar-refractivity contribution is -0.120. The van der Waals surface area contributed by atoms with Crippen LogP contribution in [-0.2, 0) is 17.9 Å². The number of fused-ring (bicyclic) bond motifs is 1. The largest absolute Gasteiger partial charge is 0.339 e. The molecule has 1 aliphatic rings. The molecule has 2 amide bonds. The maximum atomic E-state index is 12.8.